The molecule has 0 N–H and O–H groups in total. The van der Waals surface area contributed by atoms with Crippen LogP contribution < -0.4 is 0 Å². The molecule has 8 nitrogen and oxygen atoms in total. The van der Waals surface area contributed by atoms with Gasteiger partial charge in [-0.3, -0.25) is 4.79 Å². The first-order valence-corrected chi connectivity index (χ1v) is 12.9. The van der Waals surface area contributed by atoms with E-state index in [2.05, 4.69) is 10.00 Å². The summed E-state index contributed by atoms with van der Waals surface area (Å²) in [5.41, 5.74) is 2.84. The maximum absolute atomic E-state index is 13.6. The minimum absolute atomic E-state index is 0.00736. The maximum atomic E-state index is 13.6. The highest BCUT2D eigenvalue weighted by Crippen LogP contribution is 2.32. The zero-order valence-corrected chi connectivity index (χ0v) is 19.5. The number of benzene rings is 1. The number of halogens is 1. The number of sulfone groups is 1. The highest BCUT2D eigenvalue weighted by molar-refractivity contribution is 7.91. The summed E-state index contributed by atoms with van der Waals surface area (Å²) in [6.45, 7) is 4.66. The van der Waals surface area contributed by atoms with E-state index in [9.17, 15) is 17.6 Å². The van der Waals surface area contributed by atoms with Gasteiger partial charge in [-0.15, -0.1) is 0 Å². The van der Waals surface area contributed by atoms with Gasteiger partial charge in [0, 0.05) is 31.7 Å². The van der Waals surface area contributed by atoms with Gasteiger partial charge in [0.25, 0.3) is 5.91 Å². The molecule has 33 heavy (non-hydrogen) atoms. The third kappa shape index (κ3) is 4.13. The number of hydrogen-bond acceptors (Lipinski definition) is 6. The molecule has 0 bridgehead atoms. The lowest BCUT2D eigenvalue weighted by Gasteiger charge is -2.32. The molecule has 1 amide bonds. The summed E-state index contributed by atoms with van der Waals surface area (Å²) in [5, 5.41) is 5.28. The Morgan fingerprint density at radius 3 is 2.45 bits per heavy atom. The average molecular weight is 472 g/mol. The van der Waals surface area contributed by atoms with Crippen molar-refractivity contribution in [2.45, 2.75) is 19.4 Å². The predicted octanol–water partition coefficient (Wildman–Crippen LogP) is 2.29. The van der Waals surface area contributed by atoms with Crippen LogP contribution in [-0.4, -0.2) is 83.6 Å². The van der Waals surface area contributed by atoms with Gasteiger partial charge in [0.05, 0.1) is 39.9 Å². The first-order chi connectivity index (χ1) is 15.7. The molecule has 0 spiro atoms. The molecule has 2 saturated heterocycles. The van der Waals surface area contributed by atoms with Gasteiger partial charge in [-0.1, -0.05) is 0 Å². The Hall–Kier alpha value is -2.85. The number of rotatable bonds is 3. The lowest BCUT2D eigenvalue weighted by molar-refractivity contribution is 0.0666. The molecule has 0 aliphatic carbocycles. The van der Waals surface area contributed by atoms with Gasteiger partial charge >= 0.3 is 0 Å². The fourth-order valence-electron chi connectivity index (χ4n) is 4.65. The number of likely N-dealkylation sites (N-methyl/N-ethyl adjacent to an activating group) is 1. The van der Waals surface area contributed by atoms with Crippen LogP contribution in [0.2, 0.25) is 0 Å². The van der Waals surface area contributed by atoms with E-state index in [4.69, 9.17) is 4.98 Å². The predicted molar refractivity (Wildman–Crippen MR) is 123 cm³/mol. The number of aromatic nitrogens is 3. The lowest BCUT2D eigenvalue weighted by Crippen LogP contribution is -2.47. The van der Waals surface area contributed by atoms with Crippen molar-refractivity contribution < 1.29 is 17.6 Å². The Morgan fingerprint density at radius 2 is 1.82 bits per heavy atom. The van der Waals surface area contributed by atoms with E-state index in [1.165, 1.54) is 12.1 Å². The van der Waals surface area contributed by atoms with E-state index >= 15 is 0 Å². The number of amides is 1. The van der Waals surface area contributed by atoms with Gasteiger partial charge in [-0.05, 0) is 50.7 Å². The summed E-state index contributed by atoms with van der Waals surface area (Å²) >= 11 is 0. The number of hydrogen-bond donors (Lipinski definition) is 0. The van der Waals surface area contributed by atoms with Gasteiger partial charge in [0.1, 0.15) is 5.82 Å². The number of nitrogens with zero attached hydrogens (tertiary/aromatic N) is 5. The molecular weight excluding hydrogens is 445 g/mol. The Balaban J connectivity index is 1.67. The second-order valence-corrected chi connectivity index (χ2v) is 11.2. The highest BCUT2D eigenvalue weighted by Gasteiger charge is 2.33. The van der Waals surface area contributed by atoms with Crippen LogP contribution >= 0.6 is 0 Å². The standard InChI is InChI=1S/C23H26FN5O3S/c1-15-21-19(23(30)28-10-8-27(2)9-11-28)13-20(16-3-5-17(24)6-4-16)25-22(21)29(26-15)18-7-12-33(31,32)14-18/h3-6,13,18H,7-12,14H2,1-2H3. The third-order valence-corrected chi connectivity index (χ3v) is 8.30. The lowest BCUT2D eigenvalue weighted by atomic mass is 10.0. The smallest absolute Gasteiger partial charge is 0.254 e. The molecule has 4 heterocycles. The second-order valence-electron chi connectivity index (χ2n) is 8.94. The number of piperazine rings is 1. The van der Waals surface area contributed by atoms with E-state index in [0.29, 0.717) is 53.1 Å². The van der Waals surface area contributed by atoms with Crippen LogP contribution in [0.4, 0.5) is 4.39 Å². The number of pyridine rings is 1. The van der Waals surface area contributed by atoms with E-state index in [0.717, 1.165) is 13.1 Å². The SMILES string of the molecule is Cc1nn(C2CCS(=O)(=O)C2)c2nc(-c3ccc(F)cc3)cc(C(=O)N3CCN(C)CC3)c12. The molecule has 2 aliphatic heterocycles. The van der Waals surface area contributed by atoms with Crippen molar-refractivity contribution in [1.29, 1.82) is 0 Å². The van der Waals surface area contributed by atoms with Gasteiger partial charge in [-0.25, -0.2) is 22.5 Å². The molecule has 0 radical (unpaired) electrons. The van der Waals surface area contributed by atoms with E-state index < -0.39 is 9.84 Å². The summed E-state index contributed by atoms with van der Waals surface area (Å²) in [6, 6.07) is 7.39. The zero-order chi connectivity index (χ0) is 23.3. The number of aryl methyl sites for hydroxylation is 1. The second kappa shape index (κ2) is 8.18. The monoisotopic (exact) mass is 471 g/mol. The van der Waals surface area contributed by atoms with E-state index in [-0.39, 0.29) is 29.3 Å². The highest BCUT2D eigenvalue weighted by atomic mass is 32.2. The van der Waals surface area contributed by atoms with Crippen molar-refractivity contribution in [1.82, 2.24) is 24.6 Å². The van der Waals surface area contributed by atoms with Crippen LogP contribution in [0, 0.1) is 12.7 Å². The zero-order valence-electron chi connectivity index (χ0n) is 18.7. The van der Waals surface area contributed by atoms with Crippen LogP contribution in [0.25, 0.3) is 22.3 Å². The molecule has 10 heteroatoms. The molecule has 1 aromatic carbocycles. The maximum Gasteiger partial charge on any atom is 0.254 e. The van der Waals surface area contributed by atoms with Crippen molar-refractivity contribution in [2.75, 3.05) is 44.7 Å². The van der Waals surface area contributed by atoms with Gasteiger partial charge in [0.2, 0.25) is 0 Å². The van der Waals surface area contributed by atoms with Crippen molar-refractivity contribution in [3.63, 3.8) is 0 Å². The molecule has 2 fully saturated rings. The third-order valence-electron chi connectivity index (χ3n) is 6.55. The van der Waals surface area contributed by atoms with Crippen LogP contribution in [0.15, 0.2) is 30.3 Å². The van der Waals surface area contributed by atoms with Crippen molar-refractivity contribution >= 4 is 26.8 Å². The first-order valence-electron chi connectivity index (χ1n) is 11.1. The topological polar surface area (TPSA) is 88.4 Å². The number of fused-ring (bicyclic) bond motifs is 1. The normalized spacial score (nSPS) is 21.1. The van der Waals surface area contributed by atoms with Crippen molar-refractivity contribution in [3.8, 4) is 11.3 Å². The van der Waals surface area contributed by atoms with E-state index in [1.54, 1.807) is 22.9 Å². The molecule has 5 rings (SSSR count). The van der Waals surface area contributed by atoms with Gasteiger partial charge in [-0.2, -0.15) is 5.10 Å². The van der Waals surface area contributed by atoms with Crippen molar-refractivity contribution in [3.05, 3.63) is 47.4 Å². The molecule has 1 atom stereocenters. The molecule has 3 aromatic rings. The summed E-state index contributed by atoms with van der Waals surface area (Å²) in [6.07, 6.45) is 0.461. The minimum atomic E-state index is -3.13. The Labute approximate surface area is 191 Å². The fraction of sp³-hybridized carbons (Fsp3) is 0.435. The van der Waals surface area contributed by atoms with E-state index in [1.807, 2.05) is 18.9 Å². The van der Waals surface area contributed by atoms with Crippen LogP contribution in [0.1, 0.15) is 28.5 Å². The van der Waals surface area contributed by atoms with Gasteiger partial charge in [0.15, 0.2) is 15.5 Å². The molecule has 174 valence electrons. The minimum Gasteiger partial charge on any atom is -0.336 e. The molecule has 0 saturated carbocycles. The number of carbonyl (C=O) groups is 1. The largest absolute Gasteiger partial charge is 0.336 e. The summed E-state index contributed by atoms with van der Waals surface area (Å²) in [7, 11) is -1.10. The fourth-order valence-corrected chi connectivity index (χ4v) is 6.34. The molecule has 2 aliphatic rings. The van der Waals surface area contributed by atoms with Gasteiger partial charge < -0.3 is 9.80 Å². The van der Waals surface area contributed by atoms with Crippen LogP contribution in [-0.2, 0) is 9.84 Å². The van der Waals surface area contributed by atoms with Crippen LogP contribution in [0.3, 0.4) is 0 Å². The molecule has 2 aromatic heterocycles. The number of carbonyl (C=O) groups excluding carboxylic acids is 1. The summed E-state index contributed by atoms with van der Waals surface area (Å²) < 4.78 is 39.4. The van der Waals surface area contributed by atoms with Crippen molar-refractivity contribution in [2.24, 2.45) is 0 Å². The first kappa shape index (κ1) is 22.0. The summed E-state index contributed by atoms with van der Waals surface area (Å²) in [5.74, 6) is -0.331. The van der Waals surface area contributed by atoms with Crippen LogP contribution in [0.5, 0.6) is 0 Å². The molecule has 1 unspecified atom stereocenters. The summed E-state index contributed by atoms with van der Waals surface area (Å²) in [4.78, 5) is 22.4. The average Bonchev–Trinajstić information content (AvgIpc) is 3.32. The quantitative estimate of drug-likeness (QED) is 0.583. The molecular formula is C23H26FN5O3S. The Morgan fingerprint density at radius 1 is 1.12 bits per heavy atom. The Kier molecular flexibility index (Phi) is 5.44. The Bertz CT molecular complexity index is 1330.